The highest BCUT2D eigenvalue weighted by Crippen LogP contribution is 2.32. The van der Waals surface area contributed by atoms with E-state index < -0.39 is 16.5 Å². The third kappa shape index (κ3) is 5.09. The van der Waals surface area contributed by atoms with Crippen LogP contribution in [0.15, 0.2) is 48.8 Å². The molecule has 1 heterocycles. The van der Waals surface area contributed by atoms with E-state index in [0.717, 1.165) is 11.9 Å². The zero-order valence-electron chi connectivity index (χ0n) is 14.9. The molecule has 1 amide bonds. The Kier molecular flexibility index (Phi) is 6.10. The normalized spacial score (nSPS) is 10.3. The maximum atomic E-state index is 12.2. The molecule has 0 aliphatic rings. The molecule has 148 valence electrons. The smallest absolute Gasteiger partial charge is 0.334 e. The Labute approximate surface area is 175 Å². The number of aromatic nitrogens is 2. The first-order valence-corrected chi connectivity index (χ1v) is 8.94. The van der Waals surface area contributed by atoms with Crippen LogP contribution in [0.5, 0.6) is 0 Å². The van der Waals surface area contributed by atoms with Crippen LogP contribution >= 0.6 is 23.2 Å². The van der Waals surface area contributed by atoms with Gasteiger partial charge in [0.2, 0.25) is 11.6 Å². The van der Waals surface area contributed by atoms with Crippen molar-refractivity contribution in [1.82, 2.24) is 15.4 Å². The average Bonchev–Trinajstić information content (AvgIpc) is 2.65. The molecule has 11 heteroatoms. The topological polar surface area (TPSA) is 122 Å². The maximum absolute atomic E-state index is 12.2. The number of carbonyl (C=O) groups is 1. The van der Waals surface area contributed by atoms with Crippen molar-refractivity contribution < 1.29 is 9.72 Å². The number of amides is 1. The highest BCUT2D eigenvalue weighted by molar-refractivity contribution is 6.35. The van der Waals surface area contributed by atoms with E-state index in [4.69, 9.17) is 23.2 Å². The van der Waals surface area contributed by atoms with Crippen LogP contribution in [0.2, 0.25) is 10.0 Å². The minimum absolute atomic E-state index is 0.101. The summed E-state index contributed by atoms with van der Waals surface area (Å²) in [6.45, 7) is 1.89. The number of halogens is 2. The van der Waals surface area contributed by atoms with Gasteiger partial charge in [-0.1, -0.05) is 40.9 Å². The van der Waals surface area contributed by atoms with Gasteiger partial charge < -0.3 is 5.32 Å². The third-order valence-corrected chi connectivity index (χ3v) is 4.17. The zero-order valence-corrected chi connectivity index (χ0v) is 16.5. The van der Waals surface area contributed by atoms with Crippen molar-refractivity contribution in [2.24, 2.45) is 0 Å². The molecule has 0 aliphatic carbocycles. The summed E-state index contributed by atoms with van der Waals surface area (Å²) in [5.74, 6) is -0.773. The summed E-state index contributed by atoms with van der Waals surface area (Å²) < 4.78 is 0. The van der Waals surface area contributed by atoms with E-state index in [0.29, 0.717) is 21.3 Å². The molecule has 2 aromatic carbocycles. The lowest BCUT2D eigenvalue weighted by Crippen LogP contribution is -2.30. The SMILES string of the molecule is Cc1ccc(C(=O)NNc2ncnc(Nc3cc(Cl)cc(Cl)c3)c2[N+](=O)[O-])cc1. The summed E-state index contributed by atoms with van der Waals surface area (Å²) in [6, 6.07) is 11.4. The van der Waals surface area contributed by atoms with Crippen molar-refractivity contribution in [3.63, 3.8) is 0 Å². The third-order valence-electron chi connectivity index (χ3n) is 3.74. The van der Waals surface area contributed by atoms with Crippen molar-refractivity contribution in [3.05, 3.63) is 80.1 Å². The molecule has 3 N–H and O–H groups in total. The van der Waals surface area contributed by atoms with E-state index >= 15 is 0 Å². The molecule has 0 radical (unpaired) electrons. The maximum Gasteiger partial charge on any atom is 0.355 e. The van der Waals surface area contributed by atoms with Crippen LogP contribution in [0.25, 0.3) is 0 Å². The lowest BCUT2D eigenvalue weighted by atomic mass is 10.1. The van der Waals surface area contributed by atoms with Crippen LogP contribution in [0.3, 0.4) is 0 Å². The van der Waals surface area contributed by atoms with Gasteiger partial charge in [-0.2, -0.15) is 0 Å². The van der Waals surface area contributed by atoms with Gasteiger partial charge in [0.25, 0.3) is 5.91 Å². The van der Waals surface area contributed by atoms with Crippen molar-refractivity contribution in [3.8, 4) is 0 Å². The minimum Gasteiger partial charge on any atom is -0.334 e. The number of hydrazine groups is 1. The van der Waals surface area contributed by atoms with Crippen molar-refractivity contribution in [2.45, 2.75) is 6.92 Å². The second-order valence-electron chi connectivity index (χ2n) is 5.90. The van der Waals surface area contributed by atoms with Gasteiger partial charge in [-0.05, 0) is 37.3 Å². The minimum atomic E-state index is -0.672. The number of rotatable bonds is 6. The molecular weight excluding hydrogens is 419 g/mol. The number of hydrogen-bond acceptors (Lipinski definition) is 7. The van der Waals surface area contributed by atoms with Gasteiger partial charge >= 0.3 is 5.69 Å². The quantitative estimate of drug-likeness (QED) is 0.386. The molecule has 0 saturated heterocycles. The molecule has 1 aromatic heterocycles. The van der Waals surface area contributed by atoms with Crippen LogP contribution in [-0.2, 0) is 0 Å². The summed E-state index contributed by atoms with van der Waals surface area (Å²) >= 11 is 11.9. The number of nitro groups is 1. The fraction of sp³-hybridized carbons (Fsp3) is 0.0556. The van der Waals surface area contributed by atoms with Gasteiger partial charge in [0.1, 0.15) is 6.33 Å². The van der Waals surface area contributed by atoms with Crippen LogP contribution in [0, 0.1) is 17.0 Å². The molecule has 0 unspecified atom stereocenters. The Morgan fingerprint density at radius 3 is 2.28 bits per heavy atom. The summed E-state index contributed by atoms with van der Waals surface area (Å²) in [4.78, 5) is 30.9. The summed E-state index contributed by atoms with van der Waals surface area (Å²) in [7, 11) is 0. The second kappa shape index (κ2) is 8.72. The van der Waals surface area contributed by atoms with Crippen LogP contribution in [-0.4, -0.2) is 20.8 Å². The summed E-state index contributed by atoms with van der Waals surface area (Å²) in [6.07, 6.45) is 1.11. The first-order valence-electron chi connectivity index (χ1n) is 8.19. The summed E-state index contributed by atoms with van der Waals surface area (Å²) in [5.41, 5.74) is 6.17. The number of carbonyl (C=O) groups excluding carboxylic acids is 1. The van der Waals surface area contributed by atoms with Crippen molar-refractivity contribution in [1.29, 1.82) is 0 Å². The monoisotopic (exact) mass is 432 g/mol. The van der Waals surface area contributed by atoms with E-state index in [1.165, 1.54) is 18.2 Å². The molecule has 3 rings (SSSR count). The van der Waals surface area contributed by atoms with E-state index in [9.17, 15) is 14.9 Å². The molecule has 0 saturated carbocycles. The summed E-state index contributed by atoms with van der Waals surface area (Å²) in [5, 5.41) is 15.1. The first-order chi connectivity index (χ1) is 13.8. The zero-order chi connectivity index (χ0) is 21.0. The van der Waals surface area contributed by atoms with Gasteiger partial charge in [-0.25, -0.2) is 9.97 Å². The molecular formula is C18H14Cl2N6O3. The molecule has 29 heavy (non-hydrogen) atoms. The van der Waals surface area contributed by atoms with E-state index in [1.807, 2.05) is 6.92 Å². The molecule has 9 nitrogen and oxygen atoms in total. The van der Waals surface area contributed by atoms with E-state index in [2.05, 4.69) is 26.1 Å². The van der Waals surface area contributed by atoms with Crippen molar-refractivity contribution >= 4 is 52.1 Å². The molecule has 0 bridgehead atoms. The van der Waals surface area contributed by atoms with Gasteiger partial charge in [0.05, 0.1) is 4.92 Å². The van der Waals surface area contributed by atoms with Gasteiger partial charge in [0, 0.05) is 21.3 Å². The Bertz CT molecular complexity index is 1060. The van der Waals surface area contributed by atoms with Crippen molar-refractivity contribution in [2.75, 3.05) is 10.7 Å². The number of hydrogen-bond donors (Lipinski definition) is 3. The lowest BCUT2D eigenvalue weighted by Gasteiger charge is -2.11. The van der Waals surface area contributed by atoms with Gasteiger partial charge in [-0.15, -0.1) is 0 Å². The first kappa shape index (κ1) is 20.3. The Morgan fingerprint density at radius 2 is 1.66 bits per heavy atom. The standard InChI is InChI=1S/C18H14Cl2N6O3/c1-10-2-4-11(5-3-10)18(27)25-24-17-15(26(28)29)16(21-9-22-17)23-14-7-12(19)6-13(20)8-14/h2-9H,1H3,(H,25,27)(H2,21,22,23,24). The molecule has 3 aromatic rings. The van der Waals surface area contributed by atoms with Gasteiger partial charge in [0.15, 0.2) is 0 Å². The largest absolute Gasteiger partial charge is 0.355 e. The van der Waals surface area contributed by atoms with Crippen LogP contribution < -0.4 is 16.2 Å². The fourth-order valence-electron chi connectivity index (χ4n) is 2.39. The predicted octanol–water partition coefficient (Wildman–Crippen LogP) is 4.50. The number of benzene rings is 2. The van der Waals surface area contributed by atoms with Gasteiger partial charge in [-0.3, -0.25) is 25.8 Å². The average molecular weight is 433 g/mol. The number of nitrogens with zero attached hydrogens (tertiary/aromatic N) is 3. The van der Waals surface area contributed by atoms with E-state index in [-0.39, 0.29) is 11.6 Å². The number of nitrogens with one attached hydrogen (secondary N) is 3. The Balaban J connectivity index is 1.83. The van der Waals surface area contributed by atoms with Crippen LogP contribution in [0.1, 0.15) is 15.9 Å². The second-order valence-corrected chi connectivity index (χ2v) is 6.78. The van der Waals surface area contributed by atoms with Crippen LogP contribution in [0.4, 0.5) is 23.0 Å². The number of aryl methyl sites for hydroxylation is 1. The lowest BCUT2D eigenvalue weighted by molar-refractivity contribution is -0.383. The highest BCUT2D eigenvalue weighted by atomic mass is 35.5. The Hall–Kier alpha value is -3.43. The van der Waals surface area contributed by atoms with E-state index in [1.54, 1.807) is 24.3 Å². The highest BCUT2D eigenvalue weighted by Gasteiger charge is 2.24. The number of anilines is 3. The molecule has 0 atom stereocenters. The fourth-order valence-corrected chi connectivity index (χ4v) is 2.92. The predicted molar refractivity (Wildman–Crippen MR) is 111 cm³/mol. The molecule has 0 aliphatic heterocycles. The molecule has 0 fully saturated rings. The molecule has 0 spiro atoms. The Morgan fingerprint density at radius 1 is 1.03 bits per heavy atom.